The SMILES string of the molecule is O=C(NC[C@@H]1CC=CCC1)N1CCC([C@H](O)C(F)(F)F)CC1. The number of allylic oxidation sites excluding steroid dienone is 2. The summed E-state index contributed by atoms with van der Waals surface area (Å²) < 4.78 is 37.4. The summed E-state index contributed by atoms with van der Waals surface area (Å²) in [5.74, 6) is -0.369. The van der Waals surface area contributed by atoms with Crippen molar-refractivity contribution in [3.63, 3.8) is 0 Å². The van der Waals surface area contributed by atoms with Crippen molar-refractivity contribution >= 4 is 6.03 Å². The van der Waals surface area contributed by atoms with Crippen molar-refractivity contribution in [3.05, 3.63) is 12.2 Å². The number of hydrogen-bond donors (Lipinski definition) is 2. The molecule has 1 aliphatic carbocycles. The Morgan fingerprint density at radius 1 is 1.27 bits per heavy atom. The van der Waals surface area contributed by atoms with Crippen molar-refractivity contribution < 1.29 is 23.1 Å². The number of alkyl halides is 3. The minimum Gasteiger partial charge on any atom is -0.383 e. The molecule has 2 atom stereocenters. The van der Waals surface area contributed by atoms with Crippen LogP contribution in [0.4, 0.5) is 18.0 Å². The van der Waals surface area contributed by atoms with E-state index in [9.17, 15) is 23.1 Å². The van der Waals surface area contributed by atoms with Gasteiger partial charge in [0.1, 0.15) is 0 Å². The van der Waals surface area contributed by atoms with Gasteiger partial charge in [-0.15, -0.1) is 0 Å². The number of piperidine rings is 1. The topological polar surface area (TPSA) is 52.6 Å². The van der Waals surface area contributed by atoms with Crippen LogP contribution in [0.1, 0.15) is 32.1 Å². The van der Waals surface area contributed by atoms with Crippen LogP contribution in [0.3, 0.4) is 0 Å². The number of nitrogens with zero attached hydrogens (tertiary/aromatic N) is 1. The number of carbonyl (C=O) groups excluding carboxylic acids is 1. The summed E-state index contributed by atoms with van der Waals surface area (Å²) in [4.78, 5) is 13.6. The molecule has 0 aromatic rings. The van der Waals surface area contributed by atoms with Crippen molar-refractivity contribution in [2.24, 2.45) is 11.8 Å². The van der Waals surface area contributed by atoms with Crippen molar-refractivity contribution in [2.45, 2.75) is 44.4 Å². The van der Waals surface area contributed by atoms with Gasteiger partial charge in [0.25, 0.3) is 0 Å². The Labute approximate surface area is 128 Å². The normalized spacial score (nSPS) is 25.1. The van der Waals surface area contributed by atoms with E-state index in [1.165, 1.54) is 4.90 Å². The van der Waals surface area contributed by atoms with Gasteiger partial charge in [-0.1, -0.05) is 12.2 Å². The lowest BCUT2D eigenvalue weighted by Gasteiger charge is -2.35. The zero-order valence-electron chi connectivity index (χ0n) is 12.5. The lowest BCUT2D eigenvalue weighted by Crippen LogP contribution is -2.48. The van der Waals surface area contributed by atoms with Crippen LogP contribution in [0.25, 0.3) is 0 Å². The van der Waals surface area contributed by atoms with E-state index < -0.39 is 18.2 Å². The highest BCUT2D eigenvalue weighted by Gasteiger charge is 2.44. The molecule has 2 amide bonds. The molecule has 7 heteroatoms. The smallest absolute Gasteiger partial charge is 0.383 e. The number of carbonyl (C=O) groups is 1. The van der Waals surface area contributed by atoms with Gasteiger partial charge in [0.2, 0.25) is 0 Å². The molecule has 1 saturated heterocycles. The van der Waals surface area contributed by atoms with Crippen LogP contribution in [-0.4, -0.2) is 48.0 Å². The van der Waals surface area contributed by atoms with Crippen LogP contribution in [0.5, 0.6) is 0 Å². The molecule has 0 radical (unpaired) electrons. The molecular formula is C15H23F3N2O2. The van der Waals surface area contributed by atoms with Crippen LogP contribution in [0, 0.1) is 11.8 Å². The molecule has 126 valence electrons. The molecule has 0 spiro atoms. The number of hydrogen-bond acceptors (Lipinski definition) is 2. The highest BCUT2D eigenvalue weighted by Crippen LogP contribution is 2.31. The molecule has 22 heavy (non-hydrogen) atoms. The van der Waals surface area contributed by atoms with Crippen LogP contribution in [0.2, 0.25) is 0 Å². The zero-order valence-corrected chi connectivity index (χ0v) is 12.5. The van der Waals surface area contributed by atoms with E-state index in [1.54, 1.807) is 0 Å². The molecule has 0 unspecified atom stereocenters. The fraction of sp³-hybridized carbons (Fsp3) is 0.800. The highest BCUT2D eigenvalue weighted by molar-refractivity contribution is 5.74. The van der Waals surface area contributed by atoms with Crippen molar-refractivity contribution in [2.75, 3.05) is 19.6 Å². The standard InChI is InChI=1S/C15H23F3N2O2/c16-15(17,18)13(21)12-6-8-20(9-7-12)14(22)19-10-11-4-2-1-3-5-11/h1-2,11-13,21H,3-10H2,(H,19,22)/t11-,13+/m1/s1. The third-order valence-corrected chi connectivity index (χ3v) is 4.53. The molecule has 0 saturated carbocycles. The quantitative estimate of drug-likeness (QED) is 0.786. The summed E-state index contributed by atoms with van der Waals surface area (Å²) in [6, 6.07) is -0.213. The predicted molar refractivity (Wildman–Crippen MR) is 76.2 cm³/mol. The number of urea groups is 1. The Hall–Kier alpha value is -1.24. The molecule has 2 rings (SSSR count). The third kappa shape index (κ3) is 4.63. The van der Waals surface area contributed by atoms with E-state index in [0.29, 0.717) is 12.5 Å². The first-order valence-corrected chi connectivity index (χ1v) is 7.80. The second kappa shape index (κ2) is 7.35. The van der Waals surface area contributed by atoms with Crippen molar-refractivity contribution in [1.29, 1.82) is 0 Å². The van der Waals surface area contributed by atoms with Gasteiger partial charge >= 0.3 is 12.2 Å². The number of halogens is 3. The fourth-order valence-electron chi connectivity index (χ4n) is 3.07. The van der Waals surface area contributed by atoms with Gasteiger partial charge in [-0.2, -0.15) is 13.2 Å². The van der Waals surface area contributed by atoms with Crippen LogP contribution >= 0.6 is 0 Å². The Kier molecular flexibility index (Phi) is 5.72. The Morgan fingerprint density at radius 3 is 2.50 bits per heavy atom. The van der Waals surface area contributed by atoms with Gasteiger partial charge in [0, 0.05) is 19.6 Å². The molecule has 1 heterocycles. The van der Waals surface area contributed by atoms with Gasteiger partial charge in [-0.05, 0) is 43.9 Å². The van der Waals surface area contributed by atoms with E-state index >= 15 is 0 Å². The first kappa shape index (κ1) is 17.1. The number of aliphatic hydroxyl groups excluding tert-OH is 1. The average Bonchev–Trinajstić information content (AvgIpc) is 2.52. The maximum Gasteiger partial charge on any atom is 0.414 e. The average molecular weight is 320 g/mol. The molecule has 1 fully saturated rings. The van der Waals surface area contributed by atoms with E-state index in [2.05, 4.69) is 17.5 Å². The fourth-order valence-corrected chi connectivity index (χ4v) is 3.07. The first-order chi connectivity index (χ1) is 10.4. The summed E-state index contributed by atoms with van der Waals surface area (Å²) in [7, 11) is 0. The zero-order chi connectivity index (χ0) is 16.2. The summed E-state index contributed by atoms with van der Waals surface area (Å²) in [5, 5.41) is 12.1. The third-order valence-electron chi connectivity index (χ3n) is 4.53. The van der Waals surface area contributed by atoms with Crippen LogP contribution in [0.15, 0.2) is 12.2 Å². The van der Waals surface area contributed by atoms with E-state index in [4.69, 9.17) is 0 Å². The molecule has 4 nitrogen and oxygen atoms in total. The van der Waals surface area contributed by atoms with E-state index in [0.717, 1.165) is 19.3 Å². The molecule has 1 aliphatic heterocycles. The van der Waals surface area contributed by atoms with Crippen LogP contribution < -0.4 is 5.32 Å². The van der Waals surface area contributed by atoms with Crippen LogP contribution in [-0.2, 0) is 0 Å². The first-order valence-electron chi connectivity index (χ1n) is 7.80. The predicted octanol–water partition coefficient (Wildman–Crippen LogP) is 2.69. The van der Waals surface area contributed by atoms with E-state index in [1.807, 2.05) is 0 Å². The summed E-state index contributed by atoms with van der Waals surface area (Å²) >= 11 is 0. The maximum atomic E-state index is 12.5. The van der Waals surface area contributed by atoms with Gasteiger partial charge < -0.3 is 15.3 Å². The maximum absolute atomic E-state index is 12.5. The largest absolute Gasteiger partial charge is 0.414 e. The number of nitrogens with one attached hydrogen (secondary N) is 1. The van der Waals surface area contributed by atoms with Gasteiger partial charge in [-0.3, -0.25) is 0 Å². The number of likely N-dealkylation sites (tertiary alicyclic amines) is 1. The number of amides is 2. The lowest BCUT2D eigenvalue weighted by atomic mass is 9.91. The van der Waals surface area contributed by atoms with Gasteiger partial charge in [0.05, 0.1) is 0 Å². The number of aliphatic hydroxyl groups is 1. The second-order valence-corrected chi connectivity index (χ2v) is 6.15. The Balaban J connectivity index is 1.71. The highest BCUT2D eigenvalue weighted by atomic mass is 19.4. The second-order valence-electron chi connectivity index (χ2n) is 6.15. The monoisotopic (exact) mass is 320 g/mol. The van der Waals surface area contributed by atoms with Crippen molar-refractivity contribution in [1.82, 2.24) is 10.2 Å². The summed E-state index contributed by atoms with van der Waals surface area (Å²) in [5.41, 5.74) is 0. The van der Waals surface area contributed by atoms with Crippen molar-refractivity contribution in [3.8, 4) is 0 Å². The molecular weight excluding hydrogens is 297 g/mol. The van der Waals surface area contributed by atoms with E-state index in [-0.39, 0.29) is 32.0 Å². The molecule has 2 N–H and O–H groups in total. The lowest BCUT2D eigenvalue weighted by molar-refractivity contribution is -0.222. The molecule has 0 aromatic carbocycles. The molecule has 0 aromatic heterocycles. The molecule has 2 aliphatic rings. The minimum atomic E-state index is -4.58. The minimum absolute atomic E-state index is 0.181. The van der Waals surface area contributed by atoms with Gasteiger partial charge in [-0.25, -0.2) is 4.79 Å². The summed E-state index contributed by atoms with van der Waals surface area (Å²) in [6.45, 7) is 1.12. The summed E-state index contributed by atoms with van der Waals surface area (Å²) in [6.07, 6.45) is 0.786. The van der Waals surface area contributed by atoms with Gasteiger partial charge in [0.15, 0.2) is 6.10 Å². The number of rotatable bonds is 3. The molecule has 0 bridgehead atoms. The Morgan fingerprint density at radius 2 is 1.95 bits per heavy atom. The Bertz CT molecular complexity index is 404.